The zero-order valence-electron chi connectivity index (χ0n) is 12.5. The van der Waals surface area contributed by atoms with E-state index in [-0.39, 0.29) is 5.97 Å². The maximum absolute atomic E-state index is 11.5. The first kappa shape index (κ1) is 15.4. The molecule has 0 aliphatic carbocycles. The quantitative estimate of drug-likeness (QED) is 0.678. The van der Waals surface area contributed by atoms with Gasteiger partial charge in [-0.2, -0.15) is 0 Å². The highest BCUT2D eigenvalue weighted by molar-refractivity contribution is 7.09. The number of carbonyl (C=O) groups is 1. The minimum atomic E-state index is -0.373. The van der Waals surface area contributed by atoms with Gasteiger partial charge in [0.25, 0.3) is 0 Å². The number of thiophene rings is 1. The normalized spacial score (nSPS) is 10.7. The van der Waals surface area contributed by atoms with E-state index in [4.69, 9.17) is 10.5 Å². The minimum absolute atomic E-state index is 0.304. The maximum atomic E-state index is 11.5. The molecule has 1 heterocycles. The van der Waals surface area contributed by atoms with Crippen molar-refractivity contribution in [1.82, 2.24) is 0 Å². The van der Waals surface area contributed by atoms with E-state index in [9.17, 15) is 4.79 Å². The molecule has 1 aromatic carbocycles. The molecule has 0 spiro atoms. The van der Waals surface area contributed by atoms with Gasteiger partial charge in [-0.05, 0) is 43.5 Å². The molecule has 1 aromatic heterocycles. The lowest BCUT2D eigenvalue weighted by Crippen LogP contribution is -2.30. The summed E-state index contributed by atoms with van der Waals surface area (Å²) in [5, 5.41) is 2.07. The average molecular weight is 304 g/mol. The summed E-state index contributed by atoms with van der Waals surface area (Å²) in [5.41, 5.74) is 8.13. The van der Waals surface area contributed by atoms with Gasteiger partial charge < -0.3 is 15.4 Å². The molecule has 2 N–H and O–H groups in total. The summed E-state index contributed by atoms with van der Waals surface area (Å²) >= 11 is 1.72. The van der Waals surface area contributed by atoms with E-state index < -0.39 is 0 Å². The van der Waals surface area contributed by atoms with E-state index in [1.165, 1.54) is 12.0 Å². The van der Waals surface area contributed by atoms with Crippen LogP contribution in [0.2, 0.25) is 0 Å². The van der Waals surface area contributed by atoms with Gasteiger partial charge in [-0.3, -0.25) is 0 Å². The summed E-state index contributed by atoms with van der Waals surface area (Å²) < 4.78 is 4.72. The van der Waals surface area contributed by atoms with Crippen LogP contribution in [0.25, 0.3) is 0 Å². The molecular weight excluding hydrogens is 284 g/mol. The second-order valence-corrected chi connectivity index (χ2v) is 6.10. The number of esters is 1. The molecule has 0 aliphatic heterocycles. The van der Waals surface area contributed by atoms with Crippen LogP contribution in [0.1, 0.15) is 29.1 Å². The minimum Gasteiger partial charge on any atom is -0.465 e. The molecule has 2 aromatic rings. The summed E-state index contributed by atoms with van der Waals surface area (Å²) in [7, 11) is 1.36. The van der Waals surface area contributed by atoms with Crippen molar-refractivity contribution in [3.63, 3.8) is 0 Å². The molecule has 0 atom stereocenters. The van der Waals surface area contributed by atoms with Gasteiger partial charge in [0.1, 0.15) is 0 Å². The van der Waals surface area contributed by atoms with Crippen molar-refractivity contribution in [2.75, 3.05) is 17.7 Å². The maximum Gasteiger partial charge on any atom is 0.337 e. The molecule has 0 bridgehead atoms. The molecule has 5 heteroatoms. The predicted octanol–water partition coefficient (Wildman–Crippen LogP) is 3.53. The van der Waals surface area contributed by atoms with Crippen molar-refractivity contribution in [2.45, 2.75) is 26.4 Å². The summed E-state index contributed by atoms with van der Waals surface area (Å²) in [6.45, 7) is 5.06. The van der Waals surface area contributed by atoms with Crippen LogP contribution in [-0.4, -0.2) is 19.1 Å². The van der Waals surface area contributed by atoms with E-state index in [1.807, 2.05) is 12.1 Å². The van der Waals surface area contributed by atoms with Crippen molar-refractivity contribution in [2.24, 2.45) is 0 Å². The summed E-state index contributed by atoms with van der Waals surface area (Å²) in [6, 6.07) is 9.77. The highest BCUT2D eigenvalue weighted by Gasteiger charge is 2.16. The number of rotatable bonds is 5. The molecule has 0 unspecified atom stereocenters. The van der Waals surface area contributed by atoms with Crippen LogP contribution in [0.3, 0.4) is 0 Å². The predicted molar refractivity (Wildman–Crippen MR) is 87.8 cm³/mol. The fourth-order valence-corrected chi connectivity index (χ4v) is 2.88. The summed E-state index contributed by atoms with van der Waals surface area (Å²) in [6.07, 6.45) is 0. The molecule has 0 fully saturated rings. The molecular formula is C16H20N2O2S. The Bertz CT molecular complexity index is 609. The molecule has 21 heavy (non-hydrogen) atoms. The van der Waals surface area contributed by atoms with Gasteiger partial charge in [0, 0.05) is 10.9 Å². The van der Waals surface area contributed by atoms with E-state index >= 15 is 0 Å². The van der Waals surface area contributed by atoms with Crippen LogP contribution in [0, 0.1) is 0 Å². The van der Waals surface area contributed by atoms with Gasteiger partial charge >= 0.3 is 5.97 Å². The number of hydrogen-bond acceptors (Lipinski definition) is 5. The Labute approximate surface area is 129 Å². The zero-order valence-corrected chi connectivity index (χ0v) is 13.3. The SMILES string of the molecule is COC(=O)c1ccc(N(Cc2cccs2)C(C)C)c(N)c1. The van der Waals surface area contributed by atoms with E-state index in [0.717, 1.165) is 12.2 Å². The number of carbonyl (C=O) groups excluding carboxylic acids is 1. The molecule has 0 saturated carbocycles. The Morgan fingerprint density at radius 2 is 2.14 bits per heavy atom. The summed E-state index contributed by atoms with van der Waals surface area (Å²) in [5.74, 6) is -0.373. The number of ether oxygens (including phenoxy) is 1. The second kappa shape index (κ2) is 6.63. The Morgan fingerprint density at radius 1 is 1.38 bits per heavy atom. The van der Waals surface area contributed by atoms with Crippen molar-refractivity contribution in [3.8, 4) is 0 Å². The van der Waals surface area contributed by atoms with Gasteiger partial charge in [0.05, 0.1) is 30.6 Å². The third kappa shape index (κ3) is 3.55. The molecule has 112 valence electrons. The lowest BCUT2D eigenvalue weighted by molar-refractivity contribution is 0.0601. The molecule has 0 radical (unpaired) electrons. The third-order valence-corrected chi connectivity index (χ3v) is 4.15. The van der Waals surface area contributed by atoms with Crippen LogP contribution in [0.15, 0.2) is 35.7 Å². The number of nitrogens with two attached hydrogens (primary N) is 1. The molecule has 0 amide bonds. The largest absolute Gasteiger partial charge is 0.465 e. The van der Waals surface area contributed by atoms with Crippen molar-refractivity contribution in [3.05, 3.63) is 46.2 Å². The van der Waals surface area contributed by atoms with Gasteiger partial charge in [0.2, 0.25) is 0 Å². The number of anilines is 2. The first-order chi connectivity index (χ1) is 10.0. The molecule has 4 nitrogen and oxygen atoms in total. The standard InChI is InChI=1S/C16H20N2O2S/c1-11(2)18(10-13-5-4-8-21-13)15-7-6-12(9-14(15)17)16(19)20-3/h4-9,11H,10,17H2,1-3H3. The van der Waals surface area contributed by atoms with Gasteiger partial charge in [-0.25, -0.2) is 4.79 Å². The topological polar surface area (TPSA) is 55.6 Å². The van der Waals surface area contributed by atoms with E-state index in [1.54, 1.807) is 23.5 Å². The first-order valence-corrected chi connectivity index (χ1v) is 7.67. The summed E-state index contributed by atoms with van der Waals surface area (Å²) in [4.78, 5) is 15.0. The Kier molecular flexibility index (Phi) is 4.85. The number of nitrogen functional groups attached to an aromatic ring is 1. The molecule has 0 aliphatic rings. The van der Waals surface area contributed by atoms with Crippen LogP contribution < -0.4 is 10.6 Å². The van der Waals surface area contributed by atoms with Crippen LogP contribution in [-0.2, 0) is 11.3 Å². The Hall–Kier alpha value is -2.01. The Morgan fingerprint density at radius 3 is 2.67 bits per heavy atom. The zero-order chi connectivity index (χ0) is 15.4. The highest BCUT2D eigenvalue weighted by atomic mass is 32.1. The molecule has 2 rings (SSSR count). The third-order valence-electron chi connectivity index (χ3n) is 3.29. The number of methoxy groups -OCH3 is 1. The second-order valence-electron chi connectivity index (χ2n) is 5.07. The van der Waals surface area contributed by atoms with Crippen LogP contribution in [0.5, 0.6) is 0 Å². The number of benzene rings is 1. The first-order valence-electron chi connectivity index (χ1n) is 6.79. The van der Waals surface area contributed by atoms with Crippen molar-refractivity contribution < 1.29 is 9.53 Å². The fourth-order valence-electron chi connectivity index (χ4n) is 2.18. The average Bonchev–Trinajstić information content (AvgIpc) is 2.97. The molecule has 0 saturated heterocycles. The highest BCUT2D eigenvalue weighted by Crippen LogP contribution is 2.29. The number of hydrogen-bond donors (Lipinski definition) is 1. The van der Waals surface area contributed by atoms with E-state index in [2.05, 4.69) is 30.2 Å². The van der Waals surface area contributed by atoms with Gasteiger partial charge in [-0.15, -0.1) is 11.3 Å². The van der Waals surface area contributed by atoms with Gasteiger partial charge in [-0.1, -0.05) is 6.07 Å². The number of nitrogens with zero attached hydrogens (tertiary/aromatic N) is 1. The van der Waals surface area contributed by atoms with Crippen LogP contribution in [0.4, 0.5) is 11.4 Å². The lowest BCUT2D eigenvalue weighted by Gasteiger charge is -2.30. The Balaban J connectivity index is 2.30. The monoisotopic (exact) mass is 304 g/mol. The smallest absolute Gasteiger partial charge is 0.337 e. The van der Waals surface area contributed by atoms with Crippen LogP contribution >= 0.6 is 11.3 Å². The fraction of sp³-hybridized carbons (Fsp3) is 0.312. The van der Waals surface area contributed by atoms with E-state index in [0.29, 0.717) is 17.3 Å². The van der Waals surface area contributed by atoms with Crippen molar-refractivity contribution >= 4 is 28.7 Å². The van der Waals surface area contributed by atoms with Crippen molar-refractivity contribution in [1.29, 1.82) is 0 Å². The van der Waals surface area contributed by atoms with Gasteiger partial charge in [0.15, 0.2) is 0 Å². The lowest BCUT2D eigenvalue weighted by atomic mass is 10.1.